The summed E-state index contributed by atoms with van der Waals surface area (Å²) in [5.41, 5.74) is 5.15. The Kier molecular flexibility index (Phi) is 7.65. The SMILES string of the molecule is O=C(NC1c2ccccc2-c2ccccc21)[C@@]1(C/C=C/c2ccccc2)COC(c2ccc(OCCCO)cc2)=N1. The molecule has 1 atom stereocenters. The van der Waals surface area contributed by atoms with Crippen LogP contribution in [0.5, 0.6) is 5.75 Å². The summed E-state index contributed by atoms with van der Waals surface area (Å²) in [6.45, 7) is 0.666. The largest absolute Gasteiger partial charge is 0.494 e. The van der Waals surface area contributed by atoms with E-state index < -0.39 is 5.54 Å². The van der Waals surface area contributed by atoms with E-state index in [4.69, 9.17) is 19.6 Å². The van der Waals surface area contributed by atoms with Crippen LogP contribution in [0.3, 0.4) is 0 Å². The molecule has 2 N–H and O–H groups in total. The number of amides is 1. The van der Waals surface area contributed by atoms with E-state index in [0.29, 0.717) is 31.1 Å². The number of aliphatic hydroxyl groups is 1. The Bertz CT molecular complexity index is 1530. The van der Waals surface area contributed by atoms with Crippen molar-refractivity contribution in [1.29, 1.82) is 0 Å². The Morgan fingerprint density at radius 3 is 2.27 bits per heavy atom. The maximum atomic E-state index is 14.2. The van der Waals surface area contributed by atoms with Gasteiger partial charge in [-0.1, -0.05) is 91.0 Å². The Balaban J connectivity index is 1.29. The fourth-order valence-electron chi connectivity index (χ4n) is 5.39. The fourth-order valence-corrected chi connectivity index (χ4v) is 5.39. The van der Waals surface area contributed by atoms with Crippen LogP contribution in [0.1, 0.15) is 41.1 Å². The standard InChI is InChI=1S/C35H32N2O4/c38-22-9-23-40-27-19-17-26(18-20-27)33-37-35(24-41-33,21-8-12-25-10-2-1-3-11-25)34(39)36-32-30-15-6-4-13-28(30)29-14-5-7-16-31(29)32/h1-8,10-20,32,38H,9,21-24H2,(H,36,39)/b12-8+/t35-/m1/s1. The molecule has 6 nitrogen and oxygen atoms in total. The van der Waals surface area contributed by atoms with Crippen LogP contribution in [0, 0.1) is 0 Å². The molecular formula is C35H32N2O4. The van der Waals surface area contributed by atoms with Crippen LogP contribution in [-0.2, 0) is 9.53 Å². The molecule has 2 aliphatic rings. The van der Waals surface area contributed by atoms with Gasteiger partial charge in [0.25, 0.3) is 5.91 Å². The molecule has 4 aromatic carbocycles. The van der Waals surface area contributed by atoms with Gasteiger partial charge in [-0.2, -0.15) is 0 Å². The number of rotatable bonds is 10. The normalized spacial score (nSPS) is 17.5. The number of benzene rings is 4. The summed E-state index contributed by atoms with van der Waals surface area (Å²) in [6.07, 6.45) is 4.97. The molecule has 0 aromatic heterocycles. The molecule has 206 valence electrons. The average Bonchev–Trinajstić information content (AvgIpc) is 3.59. The molecule has 6 rings (SSSR count). The number of carbonyl (C=O) groups is 1. The van der Waals surface area contributed by atoms with E-state index in [1.165, 1.54) is 0 Å². The fraction of sp³-hybridized carbons (Fsp3) is 0.200. The van der Waals surface area contributed by atoms with Crippen LogP contribution in [0.15, 0.2) is 114 Å². The van der Waals surface area contributed by atoms with Gasteiger partial charge in [-0.15, -0.1) is 0 Å². The lowest BCUT2D eigenvalue weighted by Gasteiger charge is -2.25. The highest BCUT2D eigenvalue weighted by Gasteiger charge is 2.45. The summed E-state index contributed by atoms with van der Waals surface area (Å²) in [7, 11) is 0. The van der Waals surface area contributed by atoms with Gasteiger partial charge in [-0.05, 0) is 52.1 Å². The molecule has 0 fully saturated rings. The van der Waals surface area contributed by atoms with Gasteiger partial charge in [-0.3, -0.25) is 4.79 Å². The van der Waals surface area contributed by atoms with Crippen molar-refractivity contribution in [3.05, 3.63) is 131 Å². The summed E-state index contributed by atoms with van der Waals surface area (Å²) in [4.78, 5) is 19.1. The molecule has 1 heterocycles. The number of hydrogen-bond acceptors (Lipinski definition) is 5. The van der Waals surface area contributed by atoms with E-state index in [-0.39, 0.29) is 25.2 Å². The van der Waals surface area contributed by atoms with Gasteiger partial charge in [0.15, 0.2) is 5.54 Å². The number of hydrogen-bond donors (Lipinski definition) is 2. The van der Waals surface area contributed by atoms with Crippen LogP contribution in [0.25, 0.3) is 17.2 Å². The van der Waals surface area contributed by atoms with Gasteiger partial charge < -0.3 is 19.9 Å². The predicted molar refractivity (Wildman–Crippen MR) is 161 cm³/mol. The highest BCUT2D eigenvalue weighted by atomic mass is 16.5. The first-order valence-corrected chi connectivity index (χ1v) is 13.9. The molecule has 41 heavy (non-hydrogen) atoms. The monoisotopic (exact) mass is 544 g/mol. The second-order valence-electron chi connectivity index (χ2n) is 10.3. The minimum atomic E-state index is -1.12. The molecule has 1 aliphatic heterocycles. The van der Waals surface area contributed by atoms with Crippen molar-refractivity contribution in [2.45, 2.75) is 24.4 Å². The Morgan fingerprint density at radius 1 is 0.927 bits per heavy atom. The highest BCUT2D eigenvalue weighted by molar-refractivity contribution is 6.00. The van der Waals surface area contributed by atoms with E-state index in [0.717, 1.165) is 33.4 Å². The second-order valence-corrected chi connectivity index (χ2v) is 10.3. The van der Waals surface area contributed by atoms with Crippen molar-refractivity contribution in [3.8, 4) is 16.9 Å². The number of nitrogens with zero attached hydrogens (tertiary/aromatic N) is 1. The maximum Gasteiger partial charge on any atom is 0.252 e. The Hall–Kier alpha value is -4.68. The van der Waals surface area contributed by atoms with E-state index in [9.17, 15) is 4.79 Å². The van der Waals surface area contributed by atoms with Crippen molar-refractivity contribution >= 4 is 17.9 Å². The van der Waals surface area contributed by atoms with E-state index >= 15 is 0 Å². The van der Waals surface area contributed by atoms with Crippen molar-refractivity contribution in [2.24, 2.45) is 4.99 Å². The van der Waals surface area contributed by atoms with E-state index in [1.54, 1.807) is 0 Å². The molecule has 4 aromatic rings. The molecule has 6 heteroatoms. The third-order valence-electron chi connectivity index (χ3n) is 7.53. The second kappa shape index (κ2) is 11.8. The quantitative estimate of drug-likeness (QED) is 0.242. The van der Waals surface area contributed by atoms with Gasteiger partial charge in [-0.25, -0.2) is 4.99 Å². The molecule has 0 saturated heterocycles. The summed E-state index contributed by atoms with van der Waals surface area (Å²) in [5.74, 6) is 0.960. The van der Waals surface area contributed by atoms with Gasteiger partial charge in [0.1, 0.15) is 12.4 Å². The van der Waals surface area contributed by atoms with Crippen LogP contribution >= 0.6 is 0 Å². The smallest absolute Gasteiger partial charge is 0.252 e. The lowest BCUT2D eigenvalue weighted by atomic mass is 9.94. The van der Waals surface area contributed by atoms with Crippen LogP contribution in [-0.4, -0.2) is 42.3 Å². The molecular weight excluding hydrogens is 512 g/mol. The van der Waals surface area contributed by atoms with Gasteiger partial charge in [0.2, 0.25) is 5.90 Å². The molecule has 1 amide bonds. The summed E-state index contributed by atoms with van der Waals surface area (Å²) < 4.78 is 11.8. The number of ether oxygens (including phenoxy) is 2. The minimum Gasteiger partial charge on any atom is -0.494 e. The number of nitrogens with one attached hydrogen (secondary N) is 1. The van der Waals surface area contributed by atoms with Crippen LogP contribution in [0.4, 0.5) is 0 Å². The summed E-state index contributed by atoms with van der Waals surface area (Å²) >= 11 is 0. The maximum absolute atomic E-state index is 14.2. The van der Waals surface area contributed by atoms with Gasteiger partial charge >= 0.3 is 0 Å². The third kappa shape index (κ3) is 5.52. The van der Waals surface area contributed by atoms with Crippen LogP contribution in [0.2, 0.25) is 0 Å². The zero-order chi connectivity index (χ0) is 28.1. The predicted octanol–water partition coefficient (Wildman–Crippen LogP) is 5.95. The first kappa shape index (κ1) is 26.5. The number of fused-ring (bicyclic) bond motifs is 3. The number of aliphatic imine (C=N–C) groups is 1. The molecule has 0 bridgehead atoms. The zero-order valence-electron chi connectivity index (χ0n) is 22.7. The average molecular weight is 545 g/mol. The number of aliphatic hydroxyl groups excluding tert-OH is 1. The summed E-state index contributed by atoms with van der Waals surface area (Å²) in [6, 6.07) is 33.6. The van der Waals surface area contributed by atoms with E-state index in [2.05, 4.69) is 29.6 Å². The zero-order valence-corrected chi connectivity index (χ0v) is 22.7. The highest BCUT2D eigenvalue weighted by Crippen LogP contribution is 2.43. The molecule has 0 spiro atoms. The van der Waals surface area contributed by atoms with Crippen LogP contribution < -0.4 is 10.1 Å². The van der Waals surface area contributed by atoms with Crippen molar-refractivity contribution < 1.29 is 19.4 Å². The van der Waals surface area contributed by atoms with E-state index in [1.807, 2.05) is 91.0 Å². The van der Waals surface area contributed by atoms with Gasteiger partial charge in [0.05, 0.1) is 12.6 Å². The van der Waals surface area contributed by atoms with Crippen molar-refractivity contribution in [3.63, 3.8) is 0 Å². The Morgan fingerprint density at radius 2 is 1.59 bits per heavy atom. The molecule has 1 aliphatic carbocycles. The molecule has 0 radical (unpaired) electrons. The first-order chi connectivity index (χ1) is 20.2. The summed E-state index contributed by atoms with van der Waals surface area (Å²) in [5, 5.41) is 12.3. The lowest BCUT2D eigenvalue weighted by molar-refractivity contribution is -0.127. The minimum absolute atomic E-state index is 0.0869. The van der Waals surface area contributed by atoms with Gasteiger partial charge in [0, 0.05) is 25.0 Å². The number of carbonyl (C=O) groups excluding carboxylic acids is 1. The third-order valence-corrected chi connectivity index (χ3v) is 7.53. The van der Waals surface area contributed by atoms with Crippen molar-refractivity contribution in [2.75, 3.05) is 19.8 Å². The lowest BCUT2D eigenvalue weighted by Crippen LogP contribution is -2.47. The molecule has 0 unspecified atom stereocenters. The topological polar surface area (TPSA) is 80.2 Å². The Labute approximate surface area is 240 Å². The first-order valence-electron chi connectivity index (χ1n) is 13.9. The molecule has 0 saturated carbocycles. The van der Waals surface area contributed by atoms with Crippen molar-refractivity contribution in [1.82, 2.24) is 5.32 Å².